The van der Waals surface area contributed by atoms with Gasteiger partial charge in [-0.05, 0) is 17.7 Å². The minimum Gasteiger partial charge on any atom is -0.478 e. The number of amides is 1. The Bertz CT molecular complexity index is 704. The van der Waals surface area contributed by atoms with E-state index >= 15 is 0 Å². The van der Waals surface area contributed by atoms with E-state index < -0.39 is 29.3 Å². The summed E-state index contributed by atoms with van der Waals surface area (Å²) in [4.78, 5) is 22.6. The van der Waals surface area contributed by atoms with Crippen LogP contribution in [0.15, 0.2) is 42.5 Å². The Morgan fingerprint density at radius 3 is 2.41 bits per heavy atom. The molecule has 0 unspecified atom stereocenters. The molecule has 2 aromatic rings. The Kier molecular flexibility index (Phi) is 4.67. The van der Waals surface area contributed by atoms with Gasteiger partial charge in [0.2, 0.25) is 0 Å². The van der Waals surface area contributed by atoms with Crippen molar-refractivity contribution in [2.75, 3.05) is 5.32 Å². The number of carbonyl (C=O) groups is 2. The Hall–Kier alpha value is -2.96. The smallest absolute Gasteiger partial charge is 0.411 e. The molecule has 5 nitrogen and oxygen atoms in total. The van der Waals surface area contributed by atoms with Crippen LogP contribution in [0.3, 0.4) is 0 Å². The number of carboxylic acid groups (broad SMARTS) is 1. The van der Waals surface area contributed by atoms with E-state index in [0.717, 1.165) is 11.6 Å². The topological polar surface area (TPSA) is 75.6 Å². The van der Waals surface area contributed by atoms with Gasteiger partial charge in [0, 0.05) is 0 Å². The summed E-state index contributed by atoms with van der Waals surface area (Å²) in [5, 5.41) is 11.0. The molecule has 1 amide bonds. The number of rotatable bonds is 4. The van der Waals surface area contributed by atoms with Crippen LogP contribution in [-0.4, -0.2) is 17.2 Å². The number of nitrogens with one attached hydrogen (secondary N) is 1. The fourth-order valence-corrected chi connectivity index (χ4v) is 1.73. The van der Waals surface area contributed by atoms with Crippen LogP contribution in [0.4, 0.5) is 19.3 Å². The largest absolute Gasteiger partial charge is 0.478 e. The first kappa shape index (κ1) is 15.4. The van der Waals surface area contributed by atoms with Gasteiger partial charge in [0.1, 0.15) is 12.2 Å². The third-order valence-electron chi connectivity index (χ3n) is 2.76. The zero-order valence-electron chi connectivity index (χ0n) is 11.2. The minimum absolute atomic E-state index is 0.0429. The predicted molar refractivity (Wildman–Crippen MR) is 73.6 cm³/mol. The molecule has 0 saturated heterocycles. The van der Waals surface area contributed by atoms with Crippen LogP contribution >= 0.6 is 0 Å². The summed E-state index contributed by atoms with van der Waals surface area (Å²) >= 11 is 0. The van der Waals surface area contributed by atoms with Gasteiger partial charge in [-0.15, -0.1) is 0 Å². The zero-order valence-corrected chi connectivity index (χ0v) is 11.2. The molecular formula is C15H11F2NO4. The van der Waals surface area contributed by atoms with Gasteiger partial charge in [0.15, 0.2) is 11.6 Å². The lowest BCUT2D eigenvalue weighted by Crippen LogP contribution is -2.17. The van der Waals surface area contributed by atoms with Crippen molar-refractivity contribution in [3.8, 4) is 0 Å². The van der Waals surface area contributed by atoms with Crippen LogP contribution in [-0.2, 0) is 11.3 Å². The van der Waals surface area contributed by atoms with Crippen LogP contribution in [0.5, 0.6) is 0 Å². The highest BCUT2D eigenvalue weighted by Gasteiger charge is 2.21. The average molecular weight is 307 g/mol. The number of carbonyl (C=O) groups excluding carboxylic acids is 1. The normalized spacial score (nSPS) is 10.1. The van der Waals surface area contributed by atoms with Crippen molar-refractivity contribution < 1.29 is 28.2 Å². The van der Waals surface area contributed by atoms with Gasteiger partial charge in [0.25, 0.3) is 0 Å². The quantitative estimate of drug-likeness (QED) is 0.907. The molecule has 0 heterocycles. The Morgan fingerprint density at radius 2 is 1.77 bits per heavy atom. The van der Waals surface area contributed by atoms with E-state index in [-0.39, 0.29) is 12.3 Å². The molecule has 2 rings (SSSR count). The minimum atomic E-state index is -1.70. The molecule has 0 aliphatic heterocycles. The van der Waals surface area contributed by atoms with Crippen molar-refractivity contribution in [3.63, 3.8) is 0 Å². The van der Waals surface area contributed by atoms with Crippen molar-refractivity contribution >= 4 is 17.7 Å². The molecule has 114 valence electrons. The van der Waals surface area contributed by atoms with Crippen LogP contribution in [0, 0.1) is 11.6 Å². The Morgan fingerprint density at radius 1 is 1.09 bits per heavy atom. The first-order chi connectivity index (χ1) is 10.5. The number of anilines is 1. The molecule has 0 radical (unpaired) electrons. The van der Waals surface area contributed by atoms with Gasteiger partial charge < -0.3 is 9.84 Å². The summed E-state index contributed by atoms with van der Waals surface area (Å²) in [6.07, 6.45) is -0.975. The molecule has 0 aliphatic carbocycles. The summed E-state index contributed by atoms with van der Waals surface area (Å²) in [5.74, 6) is -4.57. The summed E-state index contributed by atoms with van der Waals surface area (Å²) in [6.45, 7) is -0.0429. The van der Waals surface area contributed by atoms with Gasteiger partial charge in [-0.2, -0.15) is 0 Å². The number of ether oxygens (including phenoxy) is 1. The average Bonchev–Trinajstić information content (AvgIpc) is 2.50. The van der Waals surface area contributed by atoms with Crippen molar-refractivity contribution in [1.29, 1.82) is 0 Å². The maximum atomic E-state index is 13.5. The van der Waals surface area contributed by atoms with Crippen molar-refractivity contribution in [1.82, 2.24) is 0 Å². The second-order valence-corrected chi connectivity index (χ2v) is 4.28. The highest BCUT2D eigenvalue weighted by atomic mass is 19.2. The standard InChI is InChI=1S/C15H11F2NO4/c16-10-6-7-11(12(13(10)17)14(19)20)18-15(21)22-8-9-4-2-1-3-5-9/h1-7H,8H2,(H,18,21)(H,19,20). The fourth-order valence-electron chi connectivity index (χ4n) is 1.73. The molecule has 7 heteroatoms. The van der Waals surface area contributed by atoms with Crippen molar-refractivity contribution in [3.05, 3.63) is 65.2 Å². The molecule has 0 atom stereocenters. The molecule has 0 saturated carbocycles. The highest BCUT2D eigenvalue weighted by Crippen LogP contribution is 2.22. The van der Waals surface area contributed by atoms with Gasteiger partial charge in [-0.3, -0.25) is 5.32 Å². The number of halogens is 2. The molecule has 0 fully saturated rings. The summed E-state index contributed by atoms with van der Waals surface area (Å²) in [5.41, 5.74) is -0.623. The number of hydrogen-bond donors (Lipinski definition) is 2. The summed E-state index contributed by atoms with van der Waals surface area (Å²) in [6, 6.07) is 10.4. The molecule has 2 N–H and O–H groups in total. The molecule has 0 aliphatic rings. The maximum Gasteiger partial charge on any atom is 0.411 e. The van der Waals surface area contributed by atoms with Crippen LogP contribution in [0.2, 0.25) is 0 Å². The van der Waals surface area contributed by atoms with Crippen molar-refractivity contribution in [2.45, 2.75) is 6.61 Å². The van der Waals surface area contributed by atoms with Crippen LogP contribution < -0.4 is 5.32 Å². The second-order valence-electron chi connectivity index (χ2n) is 4.28. The van der Waals surface area contributed by atoms with E-state index in [0.29, 0.717) is 6.07 Å². The van der Waals surface area contributed by atoms with E-state index in [1.54, 1.807) is 30.3 Å². The van der Waals surface area contributed by atoms with Gasteiger partial charge in [-0.25, -0.2) is 18.4 Å². The summed E-state index contributed by atoms with van der Waals surface area (Å²) < 4.78 is 31.4. The molecule has 2 aromatic carbocycles. The number of hydrogen-bond acceptors (Lipinski definition) is 3. The van der Waals surface area contributed by atoms with Gasteiger partial charge in [-0.1, -0.05) is 30.3 Å². The first-order valence-electron chi connectivity index (χ1n) is 6.18. The van der Waals surface area contributed by atoms with Crippen molar-refractivity contribution in [2.24, 2.45) is 0 Å². The van der Waals surface area contributed by atoms with Gasteiger partial charge >= 0.3 is 12.1 Å². The van der Waals surface area contributed by atoms with E-state index in [1.807, 2.05) is 0 Å². The lowest BCUT2D eigenvalue weighted by atomic mass is 10.1. The molecule has 0 aromatic heterocycles. The Balaban J connectivity index is 2.09. The lowest BCUT2D eigenvalue weighted by molar-refractivity contribution is 0.0692. The highest BCUT2D eigenvalue weighted by molar-refractivity contribution is 5.98. The third-order valence-corrected chi connectivity index (χ3v) is 2.76. The predicted octanol–water partition coefficient (Wildman–Crippen LogP) is 3.41. The van der Waals surface area contributed by atoms with E-state index in [9.17, 15) is 18.4 Å². The van der Waals surface area contributed by atoms with E-state index in [2.05, 4.69) is 5.32 Å². The monoisotopic (exact) mass is 307 g/mol. The molecular weight excluding hydrogens is 296 g/mol. The SMILES string of the molecule is O=C(Nc1ccc(F)c(F)c1C(=O)O)OCc1ccccc1. The van der Waals surface area contributed by atoms with E-state index in [4.69, 9.17) is 9.84 Å². The molecule has 0 spiro atoms. The van der Waals surface area contributed by atoms with E-state index in [1.165, 1.54) is 0 Å². The number of benzene rings is 2. The first-order valence-corrected chi connectivity index (χ1v) is 6.18. The van der Waals surface area contributed by atoms with Gasteiger partial charge in [0.05, 0.1) is 5.69 Å². The van der Waals surface area contributed by atoms with Crippen LogP contribution in [0.1, 0.15) is 15.9 Å². The Labute approximate surface area is 124 Å². The number of aromatic carboxylic acids is 1. The lowest BCUT2D eigenvalue weighted by Gasteiger charge is -2.10. The summed E-state index contributed by atoms with van der Waals surface area (Å²) in [7, 11) is 0. The second kappa shape index (κ2) is 6.66. The fraction of sp³-hybridized carbons (Fsp3) is 0.0667. The third kappa shape index (κ3) is 3.57. The number of carboxylic acids is 1. The zero-order chi connectivity index (χ0) is 16.1. The molecule has 0 bridgehead atoms. The van der Waals surface area contributed by atoms with Crippen LogP contribution in [0.25, 0.3) is 0 Å². The maximum absolute atomic E-state index is 13.5. The molecule has 22 heavy (non-hydrogen) atoms.